The van der Waals surface area contributed by atoms with Gasteiger partial charge in [0.25, 0.3) is 11.6 Å². The van der Waals surface area contributed by atoms with Crippen molar-refractivity contribution in [2.75, 3.05) is 13.3 Å². The number of hydrogen-bond acceptors (Lipinski definition) is 4. The molecule has 0 bridgehead atoms. The van der Waals surface area contributed by atoms with E-state index in [0.717, 1.165) is 12.1 Å². The maximum Gasteiger partial charge on any atom is 0.283 e. The molecule has 0 aliphatic carbocycles. The number of thioether (sulfide) groups is 1. The summed E-state index contributed by atoms with van der Waals surface area (Å²) in [5.41, 5.74) is 0.429. The summed E-state index contributed by atoms with van der Waals surface area (Å²) in [7, 11) is 1.50. The van der Waals surface area contributed by atoms with Gasteiger partial charge < -0.3 is 4.90 Å². The number of hydrogen-bond donors (Lipinski definition) is 0. The molecule has 2 aromatic carbocycles. The standard InChI is InChI=1S/C17H16F2N2O3S/c1-10(11-4-6-13(18)14(19)8-11)20(2)17(22)12-5-7-16(25-3)15(9-12)21(23)24/h4-10H,1-3H3. The summed E-state index contributed by atoms with van der Waals surface area (Å²) in [6.45, 7) is 1.66. The summed E-state index contributed by atoms with van der Waals surface area (Å²) in [5.74, 6) is -2.41. The van der Waals surface area contributed by atoms with Crippen LogP contribution in [0.1, 0.15) is 28.9 Å². The second-order valence-electron chi connectivity index (χ2n) is 5.41. The van der Waals surface area contributed by atoms with Crippen molar-refractivity contribution < 1.29 is 18.5 Å². The van der Waals surface area contributed by atoms with Gasteiger partial charge >= 0.3 is 0 Å². The summed E-state index contributed by atoms with van der Waals surface area (Å²) in [4.78, 5) is 25.0. The molecule has 0 saturated heterocycles. The Morgan fingerprint density at radius 1 is 1.20 bits per heavy atom. The van der Waals surface area contributed by atoms with Crippen LogP contribution in [0.25, 0.3) is 0 Å². The van der Waals surface area contributed by atoms with Crippen molar-refractivity contribution in [2.45, 2.75) is 17.9 Å². The minimum Gasteiger partial charge on any atom is -0.335 e. The zero-order chi connectivity index (χ0) is 18.7. The smallest absolute Gasteiger partial charge is 0.283 e. The Morgan fingerprint density at radius 2 is 1.88 bits per heavy atom. The van der Waals surface area contributed by atoms with Crippen LogP contribution in [-0.2, 0) is 0 Å². The van der Waals surface area contributed by atoms with E-state index >= 15 is 0 Å². The van der Waals surface area contributed by atoms with Gasteiger partial charge in [-0.2, -0.15) is 0 Å². The minimum absolute atomic E-state index is 0.146. The zero-order valence-electron chi connectivity index (χ0n) is 13.8. The Hall–Kier alpha value is -2.48. The Balaban J connectivity index is 2.31. The van der Waals surface area contributed by atoms with Gasteiger partial charge in [0, 0.05) is 18.7 Å². The summed E-state index contributed by atoms with van der Waals surface area (Å²) < 4.78 is 26.5. The van der Waals surface area contributed by atoms with Crippen LogP contribution in [0.3, 0.4) is 0 Å². The number of halogens is 2. The predicted molar refractivity (Wildman–Crippen MR) is 91.7 cm³/mol. The number of carbonyl (C=O) groups is 1. The molecule has 0 heterocycles. The van der Waals surface area contributed by atoms with E-state index in [0.29, 0.717) is 10.5 Å². The predicted octanol–water partition coefficient (Wildman–Crippen LogP) is 4.43. The van der Waals surface area contributed by atoms with Gasteiger partial charge in [-0.1, -0.05) is 6.07 Å². The Kier molecular flexibility index (Phi) is 5.73. The normalized spacial score (nSPS) is 11.9. The molecule has 0 aliphatic heterocycles. The van der Waals surface area contributed by atoms with Gasteiger partial charge in [0.15, 0.2) is 11.6 Å². The molecule has 0 aliphatic rings. The van der Waals surface area contributed by atoms with Crippen LogP contribution in [0.2, 0.25) is 0 Å². The third kappa shape index (κ3) is 3.96. The van der Waals surface area contributed by atoms with Gasteiger partial charge in [-0.15, -0.1) is 11.8 Å². The Bertz CT molecular complexity index is 830. The number of nitrogens with zero attached hydrogens (tertiary/aromatic N) is 2. The second-order valence-corrected chi connectivity index (χ2v) is 6.26. The number of benzene rings is 2. The monoisotopic (exact) mass is 366 g/mol. The van der Waals surface area contributed by atoms with Crippen LogP contribution in [0, 0.1) is 21.7 Å². The average Bonchev–Trinajstić information content (AvgIpc) is 2.61. The summed E-state index contributed by atoms with van der Waals surface area (Å²) in [6.07, 6.45) is 1.71. The van der Waals surface area contributed by atoms with E-state index in [1.165, 1.54) is 48.0 Å². The van der Waals surface area contributed by atoms with Crippen molar-refractivity contribution >= 4 is 23.4 Å². The Labute approximate surface area is 147 Å². The summed E-state index contributed by atoms with van der Waals surface area (Å²) >= 11 is 1.21. The molecule has 2 rings (SSSR count). The minimum atomic E-state index is -0.995. The maximum absolute atomic E-state index is 13.4. The molecule has 1 amide bonds. The number of carbonyl (C=O) groups excluding carboxylic acids is 1. The molecular formula is C17H16F2N2O3S. The fraction of sp³-hybridized carbons (Fsp3) is 0.235. The molecule has 132 valence electrons. The molecule has 0 fully saturated rings. The summed E-state index contributed by atoms with van der Waals surface area (Å²) in [5, 5.41) is 11.1. The van der Waals surface area contributed by atoms with Gasteiger partial charge in [0.1, 0.15) is 0 Å². The molecule has 1 atom stereocenters. The van der Waals surface area contributed by atoms with Crippen LogP contribution in [-0.4, -0.2) is 29.0 Å². The van der Waals surface area contributed by atoms with E-state index in [9.17, 15) is 23.7 Å². The van der Waals surface area contributed by atoms with E-state index in [-0.39, 0.29) is 11.3 Å². The van der Waals surface area contributed by atoms with Crippen LogP contribution >= 0.6 is 11.8 Å². The maximum atomic E-state index is 13.4. The van der Waals surface area contributed by atoms with Crippen LogP contribution in [0.5, 0.6) is 0 Å². The van der Waals surface area contributed by atoms with Gasteiger partial charge in [-0.25, -0.2) is 8.78 Å². The molecule has 1 unspecified atom stereocenters. The van der Waals surface area contributed by atoms with E-state index in [1.807, 2.05) is 0 Å². The fourth-order valence-electron chi connectivity index (χ4n) is 2.34. The van der Waals surface area contributed by atoms with Gasteiger partial charge in [-0.05, 0) is 43.0 Å². The molecule has 0 radical (unpaired) electrons. The lowest BCUT2D eigenvalue weighted by Crippen LogP contribution is -2.29. The second kappa shape index (κ2) is 7.60. The zero-order valence-corrected chi connectivity index (χ0v) is 14.6. The molecule has 0 saturated carbocycles. The topological polar surface area (TPSA) is 63.5 Å². The third-order valence-electron chi connectivity index (χ3n) is 3.95. The van der Waals surface area contributed by atoms with Crippen molar-refractivity contribution in [1.82, 2.24) is 4.90 Å². The molecule has 25 heavy (non-hydrogen) atoms. The Morgan fingerprint density at radius 3 is 2.44 bits per heavy atom. The highest BCUT2D eigenvalue weighted by Crippen LogP contribution is 2.30. The van der Waals surface area contributed by atoms with E-state index in [2.05, 4.69) is 0 Å². The highest BCUT2D eigenvalue weighted by molar-refractivity contribution is 7.98. The van der Waals surface area contributed by atoms with Crippen molar-refractivity contribution in [1.29, 1.82) is 0 Å². The lowest BCUT2D eigenvalue weighted by Gasteiger charge is -2.25. The van der Waals surface area contributed by atoms with Crippen LogP contribution in [0.4, 0.5) is 14.5 Å². The molecule has 2 aromatic rings. The quantitative estimate of drug-likeness (QED) is 0.446. The summed E-state index contributed by atoms with van der Waals surface area (Å²) in [6, 6.07) is 7.14. The molecule has 5 nitrogen and oxygen atoms in total. The molecule has 0 aromatic heterocycles. The van der Waals surface area contributed by atoms with Gasteiger partial charge in [-0.3, -0.25) is 14.9 Å². The van der Waals surface area contributed by atoms with E-state index in [1.54, 1.807) is 13.2 Å². The first kappa shape index (κ1) is 18.9. The molecular weight excluding hydrogens is 350 g/mol. The first-order valence-corrected chi connectivity index (χ1v) is 8.53. The number of rotatable bonds is 5. The van der Waals surface area contributed by atoms with E-state index in [4.69, 9.17) is 0 Å². The lowest BCUT2D eigenvalue weighted by molar-refractivity contribution is -0.387. The van der Waals surface area contributed by atoms with Crippen molar-refractivity contribution in [3.63, 3.8) is 0 Å². The first-order valence-electron chi connectivity index (χ1n) is 7.30. The first-order chi connectivity index (χ1) is 11.8. The number of amides is 1. The third-order valence-corrected chi connectivity index (χ3v) is 4.73. The number of nitro groups is 1. The number of nitro benzene ring substituents is 1. The van der Waals surface area contributed by atoms with Crippen LogP contribution in [0.15, 0.2) is 41.3 Å². The SMILES string of the molecule is CSc1ccc(C(=O)N(C)C(C)c2ccc(F)c(F)c2)cc1[N+](=O)[O-]. The van der Waals surface area contributed by atoms with Gasteiger partial charge in [0.05, 0.1) is 15.9 Å². The van der Waals surface area contributed by atoms with Crippen LogP contribution < -0.4 is 0 Å². The fourth-order valence-corrected chi connectivity index (χ4v) is 2.89. The molecule has 8 heteroatoms. The highest BCUT2D eigenvalue weighted by Gasteiger charge is 2.23. The largest absolute Gasteiger partial charge is 0.335 e. The van der Waals surface area contributed by atoms with Crippen molar-refractivity contribution in [3.05, 3.63) is 69.3 Å². The van der Waals surface area contributed by atoms with Crippen molar-refractivity contribution in [3.8, 4) is 0 Å². The van der Waals surface area contributed by atoms with E-state index < -0.39 is 28.5 Å². The lowest BCUT2D eigenvalue weighted by atomic mass is 10.1. The van der Waals surface area contributed by atoms with Gasteiger partial charge in [0.2, 0.25) is 0 Å². The molecule has 0 spiro atoms. The highest BCUT2D eigenvalue weighted by atomic mass is 32.2. The molecule has 0 N–H and O–H groups in total. The average molecular weight is 366 g/mol. The van der Waals surface area contributed by atoms with Crippen molar-refractivity contribution in [2.24, 2.45) is 0 Å².